The molecule has 0 aromatic heterocycles. The summed E-state index contributed by atoms with van der Waals surface area (Å²) in [6.07, 6.45) is 0. The number of ether oxygens (including phenoxy) is 2. The lowest BCUT2D eigenvalue weighted by Gasteiger charge is -2.12. The molecule has 0 fully saturated rings. The molecule has 1 aromatic rings. The Balaban J connectivity index is 2.21. The molecule has 0 saturated heterocycles. The third kappa shape index (κ3) is 5.71. The van der Waals surface area contributed by atoms with E-state index in [0.29, 0.717) is 5.75 Å². The topological polar surface area (TPSA) is 90.7 Å². The van der Waals surface area contributed by atoms with Crippen LogP contribution in [-0.4, -0.2) is 31.3 Å². The zero-order chi connectivity index (χ0) is 14.3. The van der Waals surface area contributed by atoms with Gasteiger partial charge in [0, 0.05) is 0 Å². The Morgan fingerprint density at radius 1 is 1.32 bits per heavy atom. The van der Waals surface area contributed by atoms with Crippen molar-refractivity contribution in [1.29, 1.82) is 0 Å². The number of carbonyl (C=O) groups excluding carboxylic acids is 2. The number of halogens is 1. The summed E-state index contributed by atoms with van der Waals surface area (Å²) >= 11 is 0. The van der Waals surface area contributed by atoms with Crippen molar-refractivity contribution in [3.05, 3.63) is 30.1 Å². The number of carbonyl (C=O) groups is 2. The van der Waals surface area contributed by atoms with E-state index in [1.54, 1.807) is 0 Å². The van der Waals surface area contributed by atoms with Crippen molar-refractivity contribution in [1.82, 2.24) is 5.32 Å². The van der Waals surface area contributed by atoms with Crippen molar-refractivity contribution >= 4 is 12.0 Å². The zero-order valence-electron chi connectivity index (χ0n) is 10.4. The number of benzene rings is 1. The highest BCUT2D eigenvalue weighted by Crippen LogP contribution is 2.10. The lowest BCUT2D eigenvalue weighted by molar-refractivity contribution is -0.146. The van der Waals surface area contributed by atoms with Gasteiger partial charge in [-0.2, -0.15) is 0 Å². The minimum absolute atomic E-state index is 0.0149. The molecule has 3 N–H and O–H groups in total. The standard InChI is InChI=1S/C12H15FN2O4/c1-8(15-12(14)17)11(16)19-7-6-18-10-4-2-9(13)3-5-10/h2-5,8H,6-7H2,1H3,(H3,14,15,17)/t8-/m1/s1. The molecule has 6 nitrogen and oxygen atoms in total. The number of amides is 2. The SMILES string of the molecule is C[C@@H](NC(N)=O)C(=O)OCCOc1ccc(F)cc1. The van der Waals surface area contributed by atoms with E-state index < -0.39 is 18.0 Å². The number of nitrogens with one attached hydrogen (secondary N) is 1. The van der Waals surface area contributed by atoms with Gasteiger partial charge in [-0.05, 0) is 31.2 Å². The highest BCUT2D eigenvalue weighted by atomic mass is 19.1. The normalized spacial score (nSPS) is 11.5. The molecule has 2 amide bonds. The lowest BCUT2D eigenvalue weighted by atomic mass is 10.3. The van der Waals surface area contributed by atoms with Crippen molar-refractivity contribution in [2.75, 3.05) is 13.2 Å². The maximum absolute atomic E-state index is 12.6. The number of hydrogen-bond acceptors (Lipinski definition) is 4. The summed E-state index contributed by atoms with van der Waals surface area (Å²) in [5.41, 5.74) is 4.86. The van der Waals surface area contributed by atoms with Crippen LogP contribution in [0, 0.1) is 5.82 Å². The number of primary amides is 1. The molecule has 104 valence electrons. The molecule has 1 atom stereocenters. The van der Waals surface area contributed by atoms with E-state index in [1.807, 2.05) is 0 Å². The quantitative estimate of drug-likeness (QED) is 0.591. The van der Waals surface area contributed by atoms with Gasteiger partial charge in [0.25, 0.3) is 0 Å². The molecule has 0 radical (unpaired) electrons. The van der Waals surface area contributed by atoms with Gasteiger partial charge in [-0.1, -0.05) is 0 Å². The predicted octanol–water partition coefficient (Wildman–Crippen LogP) is 0.804. The Kier molecular flexibility index (Phi) is 5.59. The Bertz CT molecular complexity index is 436. The molecular formula is C12H15FN2O4. The molecular weight excluding hydrogens is 255 g/mol. The fourth-order valence-electron chi connectivity index (χ4n) is 1.23. The molecule has 19 heavy (non-hydrogen) atoms. The maximum atomic E-state index is 12.6. The molecule has 0 heterocycles. The third-order valence-electron chi connectivity index (χ3n) is 2.12. The minimum Gasteiger partial charge on any atom is -0.490 e. The fraction of sp³-hybridized carbons (Fsp3) is 0.333. The first kappa shape index (κ1) is 14.7. The van der Waals surface area contributed by atoms with Gasteiger partial charge in [0.2, 0.25) is 0 Å². The molecule has 0 aliphatic heterocycles. The summed E-state index contributed by atoms with van der Waals surface area (Å²) < 4.78 is 22.7. The summed E-state index contributed by atoms with van der Waals surface area (Å²) in [5, 5.41) is 2.19. The van der Waals surface area contributed by atoms with Crippen LogP contribution in [0.4, 0.5) is 9.18 Å². The average Bonchev–Trinajstić information content (AvgIpc) is 2.35. The van der Waals surface area contributed by atoms with Crippen molar-refractivity contribution in [2.24, 2.45) is 5.73 Å². The van der Waals surface area contributed by atoms with E-state index in [4.69, 9.17) is 15.2 Å². The van der Waals surface area contributed by atoms with Crippen LogP contribution in [0.25, 0.3) is 0 Å². The van der Waals surface area contributed by atoms with Crippen LogP contribution >= 0.6 is 0 Å². The number of hydrogen-bond donors (Lipinski definition) is 2. The molecule has 0 saturated carbocycles. The van der Waals surface area contributed by atoms with Gasteiger partial charge in [-0.15, -0.1) is 0 Å². The van der Waals surface area contributed by atoms with Crippen LogP contribution in [0.2, 0.25) is 0 Å². The van der Waals surface area contributed by atoms with Gasteiger partial charge in [-0.25, -0.2) is 14.0 Å². The Morgan fingerprint density at radius 3 is 2.53 bits per heavy atom. The zero-order valence-corrected chi connectivity index (χ0v) is 10.4. The largest absolute Gasteiger partial charge is 0.490 e. The molecule has 1 aromatic carbocycles. The van der Waals surface area contributed by atoms with E-state index in [1.165, 1.54) is 31.2 Å². The Labute approximate surface area is 109 Å². The van der Waals surface area contributed by atoms with Gasteiger partial charge < -0.3 is 20.5 Å². The van der Waals surface area contributed by atoms with Crippen LogP contribution in [0.5, 0.6) is 5.75 Å². The second-order valence-corrected chi connectivity index (χ2v) is 3.70. The summed E-state index contributed by atoms with van der Waals surface area (Å²) in [5.74, 6) is -0.493. The summed E-state index contributed by atoms with van der Waals surface area (Å²) in [7, 11) is 0. The van der Waals surface area contributed by atoms with Gasteiger partial charge in [-0.3, -0.25) is 0 Å². The highest BCUT2D eigenvalue weighted by molar-refractivity contribution is 5.82. The minimum atomic E-state index is -0.816. The predicted molar refractivity (Wildman–Crippen MR) is 65.0 cm³/mol. The molecule has 0 unspecified atom stereocenters. The molecule has 1 rings (SSSR count). The number of rotatable bonds is 6. The van der Waals surface area contributed by atoms with Crippen molar-refractivity contribution < 1.29 is 23.5 Å². The fourth-order valence-corrected chi connectivity index (χ4v) is 1.23. The van der Waals surface area contributed by atoms with Gasteiger partial charge in [0.05, 0.1) is 0 Å². The first-order valence-corrected chi connectivity index (χ1v) is 5.60. The van der Waals surface area contributed by atoms with Gasteiger partial charge >= 0.3 is 12.0 Å². The molecule has 0 spiro atoms. The van der Waals surface area contributed by atoms with Crippen LogP contribution < -0.4 is 15.8 Å². The molecule has 0 aliphatic rings. The maximum Gasteiger partial charge on any atom is 0.328 e. The second-order valence-electron chi connectivity index (χ2n) is 3.70. The van der Waals surface area contributed by atoms with Gasteiger partial charge in [0.1, 0.15) is 30.8 Å². The molecule has 0 bridgehead atoms. The van der Waals surface area contributed by atoms with Crippen molar-refractivity contribution in [3.63, 3.8) is 0 Å². The lowest BCUT2D eigenvalue weighted by Crippen LogP contribution is -2.42. The van der Waals surface area contributed by atoms with E-state index in [0.717, 1.165) is 0 Å². The van der Waals surface area contributed by atoms with Gasteiger partial charge in [0.15, 0.2) is 0 Å². The highest BCUT2D eigenvalue weighted by Gasteiger charge is 2.15. The second kappa shape index (κ2) is 7.20. The van der Waals surface area contributed by atoms with Crippen molar-refractivity contribution in [3.8, 4) is 5.75 Å². The van der Waals surface area contributed by atoms with Crippen LogP contribution in [0.3, 0.4) is 0 Å². The average molecular weight is 270 g/mol. The summed E-state index contributed by atoms with van der Waals surface area (Å²) in [4.78, 5) is 21.8. The van der Waals surface area contributed by atoms with Crippen LogP contribution in [0.15, 0.2) is 24.3 Å². The Hall–Kier alpha value is -2.31. The third-order valence-corrected chi connectivity index (χ3v) is 2.12. The van der Waals surface area contributed by atoms with E-state index in [-0.39, 0.29) is 19.0 Å². The summed E-state index contributed by atoms with van der Waals surface area (Å²) in [6.45, 7) is 1.59. The van der Waals surface area contributed by atoms with Crippen LogP contribution in [-0.2, 0) is 9.53 Å². The van der Waals surface area contributed by atoms with Crippen LogP contribution in [0.1, 0.15) is 6.92 Å². The van der Waals surface area contributed by atoms with Crippen molar-refractivity contribution in [2.45, 2.75) is 13.0 Å². The molecule has 0 aliphatic carbocycles. The number of urea groups is 1. The monoisotopic (exact) mass is 270 g/mol. The van der Waals surface area contributed by atoms with E-state index in [9.17, 15) is 14.0 Å². The number of esters is 1. The number of nitrogens with two attached hydrogens (primary N) is 1. The first-order chi connectivity index (χ1) is 8.99. The molecule has 7 heteroatoms. The Morgan fingerprint density at radius 2 is 1.95 bits per heavy atom. The smallest absolute Gasteiger partial charge is 0.328 e. The van der Waals surface area contributed by atoms with E-state index in [2.05, 4.69) is 5.32 Å². The van der Waals surface area contributed by atoms with E-state index >= 15 is 0 Å². The first-order valence-electron chi connectivity index (χ1n) is 5.60. The summed E-state index contributed by atoms with van der Waals surface area (Å²) in [6, 6.07) is 3.85.